The van der Waals surface area contributed by atoms with Gasteiger partial charge in [0.15, 0.2) is 0 Å². The number of hydrogen-bond acceptors (Lipinski definition) is 3. The molecule has 2 rings (SSSR count). The first-order valence-electron chi connectivity index (χ1n) is 7.75. The van der Waals surface area contributed by atoms with Crippen LogP contribution in [0.3, 0.4) is 0 Å². The number of aliphatic hydroxyl groups is 1. The average Bonchev–Trinajstić information content (AvgIpc) is 2.41. The summed E-state index contributed by atoms with van der Waals surface area (Å²) in [7, 11) is 0. The molecule has 3 heteroatoms. The third-order valence-corrected chi connectivity index (χ3v) is 3.98. The first-order chi connectivity index (χ1) is 9.56. The third-order valence-electron chi connectivity index (χ3n) is 3.98. The number of β-amino-alcohol motifs (C(OH)–C–C–N with tert-alkyl or cyclic N) is 1. The van der Waals surface area contributed by atoms with E-state index in [1.165, 1.54) is 19.3 Å². The van der Waals surface area contributed by atoms with Crippen molar-refractivity contribution < 1.29 is 9.84 Å². The van der Waals surface area contributed by atoms with Gasteiger partial charge >= 0.3 is 0 Å². The van der Waals surface area contributed by atoms with Gasteiger partial charge in [0, 0.05) is 12.6 Å². The van der Waals surface area contributed by atoms with Crippen LogP contribution in [0.5, 0.6) is 5.75 Å². The molecule has 20 heavy (non-hydrogen) atoms. The van der Waals surface area contributed by atoms with Gasteiger partial charge in [0.25, 0.3) is 0 Å². The van der Waals surface area contributed by atoms with Crippen molar-refractivity contribution in [3.05, 3.63) is 29.8 Å². The Hall–Kier alpha value is -1.06. The molecule has 112 valence electrons. The lowest BCUT2D eigenvalue weighted by Crippen LogP contribution is -2.40. The first-order valence-corrected chi connectivity index (χ1v) is 7.75. The van der Waals surface area contributed by atoms with Gasteiger partial charge in [-0.15, -0.1) is 0 Å². The SMILES string of the molecule is CC(C)Oc1ccc(C(O)CN2CCCCC2C)cc1. The van der Waals surface area contributed by atoms with E-state index in [4.69, 9.17) is 4.74 Å². The van der Waals surface area contributed by atoms with E-state index in [9.17, 15) is 5.11 Å². The zero-order valence-electron chi connectivity index (χ0n) is 12.9. The summed E-state index contributed by atoms with van der Waals surface area (Å²) in [5, 5.41) is 10.4. The Labute approximate surface area is 122 Å². The Morgan fingerprint density at radius 1 is 1.25 bits per heavy atom. The van der Waals surface area contributed by atoms with E-state index in [0.717, 1.165) is 24.4 Å². The van der Waals surface area contributed by atoms with Gasteiger partial charge < -0.3 is 9.84 Å². The largest absolute Gasteiger partial charge is 0.491 e. The lowest BCUT2D eigenvalue weighted by Gasteiger charge is -2.34. The number of likely N-dealkylation sites (tertiary alicyclic amines) is 1. The van der Waals surface area contributed by atoms with E-state index in [1.807, 2.05) is 38.1 Å². The Morgan fingerprint density at radius 3 is 2.55 bits per heavy atom. The summed E-state index contributed by atoms with van der Waals surface area (Å²) in [6, 6.07) is 8.41. The van der Waals surface area contributed by atoms with Crippen LogP contribution in [0.1, 0.15) is 51.7 Å². The molecule has 1 aromatic rings. The van der Waals surface area contributed by atoms with Crippen molar-refractivity contribution in [3.8, 4) is 5.75 Å². The minimum Gasteiger partial charge on any atom is -0.491 e. The summed E-state index contributed by atoms with van der Waals surface area (Å²) >= 11 is 0. The van der Waals surface area contributed by atoms with Gasteiger partial charge in [-0.05, 0) is 57.9 Å². The molecule has 0 aliphatic carbocycles. The van der Waals surface area contributed by atoms with Gasteiger partial charge in [-0.3, -0.25) is 4.90 Å². The second-order valence-corrected chi connectivity index (χ2v) is 6.09. The van der Waals surface area contributed by atoms with Crippen LogP contribution in [-0.2, 0) is 0 Å². The van der Waals surface area contributed by atoms with Crippen molar-refractivity contribution in [2.45, 2.75) is 58.3 Å². The van der Waals surface area contributed by atoms with E-state index in [-0.39, 0.29) is 6.10 Å². The predicted octanol–water partition coefficient (Wildman–Crippen LogP) is 3.38. The minimum absolute atomic E-state index is 0.181. The normalized spacial score (nSPS) is 21.9. The Bertz CT molecular complexity index is 402. The fraction of sp³-hybridized carbons (Fsp3) is 0.647. The molecule has 3 nitrogen and oxygen atoms in total. The van der Waals surface area contributed by atoms with Crippen LogP contribution in [0.2, 0.25) is 0 Å². The van der Waals surface area contributed by atoms with E-state index in [2.05, 4.69) is 11.8 Å². The molecule has 0 aromatic heterocycles. The summed E-state index contributed by atoms with van der Waals surface area (Å²) in [5.41, 5.74) is 0.971. The number of rotatable bonds is 5. The number of aliphatic hydroxyl groups excluding tert-OH is 1. The fourth-order valence-electron chi connectivity index (χ4n) is 2.80. The maximum absolute atomic E-state index is 10.4. The zero-order chi connectivity index (χ0) is 14.5. The lowest BCUT2D eigenvalue weighted by atomic mass is 10.0. The molecule has 2 unspecified atom stereocenters. The van der Waals surface area contributed by atoms with Crippen molar-refractivity contribution in [2.24, 2.45) is 0 Å². The van der Waals surface area contributed by atoms with Crippen LogP contribution in [0.25, 0.3) is 0 Å². The molecule has 1 aliphatic heterocycles. The smallest absolute Gasteiger partial charge is 0.119 e. The summed E-state index contributed by atoms with van der Waals surface area (Å²) in [6.07, 6.45) is 3.57. The van der Waals surface area contributed by atoms with Crippen LogP contribution in [0, 0.1) is 0 Å². The molecule has 1 aromatic carbocycles. The molecule has 1 fully saturated rings. The summed E-state index contributed by atoms with van der Waals surface area (Å²) in [5.74, 6) is 0.863. The summed E-state index contributed by atoms with van der Waals surface area (Å²) < 4.78 is 5.62. The van der Waals surface area contributed by atoms with Gasteiger partial charge in [-0.25, -0.2) is 0 Å². The Morgan fingerprint density at radius 2 is 1.95 bits per heavy atom. The van der Waals surface area contributed by atoms with Crippen molar-refractivity contribution in [3.63, 3.8) is 0 Å². The van der Waals surface area contributed by atoms with E-state index < -0.39 is 6.10 Å². The van der Waals surface area contributed by atoms with Crippen LogP contribution < -0.4 is 4.74 Å². The minimum atomic E-state index is -0.413. The van der Waals surface area contributed by atoms with E-state index in [1.54, 1.807) is 0 Å². The fourth-order valence-corrected chi connectivity index (χ4v) is 2.80. The van der Waals surface area contributed by atoms with E-state index in [0.29, 0.717) is 6.04 Å². The summed E-state index contributed by atoms with van der Waals surface area (Å²) in [4.78, 5) is 2.40. The number of nitrogens with zero attached hydrogens (tertiary/aromatic N) is 1. The second-order valence-electron chi connectivity index (χ2n) is 6.09. The molecule has 0 spiro atoms. The van der Waals surface area contributed by atoms with Crippen LogP contribution in [0.15, 0.2) is 24.3 Å². The zero-order valence-corrected chi connectivity index (χ0v) is 12.9. The molecule has 0 amide bonds. The highest BCUT2D eigenvalue weighted by Gasteiger charge is 2.21. The highest BCUT2D eigenvalue weighted by Crippen LogP contribution is 2.23. The van der Waals surface area contributed by atoms with Crippen molar-refractivity contribution in [1.82, 2.24) is 4.90 Å². The molecule has 1 N–H and O–H groups in total. The molecule has 1 heterocycles. The highest BCUT2D eigenvalue weighted by molar-refractivity contribution is 5.28. The molecule has 0 radical (unpaired) electrons. The van der Waals surface area contributed by atoms with Gasteiger partial charge in [-0.1, -0.05) is 18.6 Å². The van der Waals surface area contributed by atoms with Crippen LogP contribution >= 0.6 is 0 Å². The Kier molecular flexibility index (Phi) is 5.44. The molecule has 2 atom stereocenters. The third kappa shape index (κ3) is 4.22. The number of ether oxygens (including phenoxy) is 1. The second kappa shape index (κ2) is 7.09. The number of piperidine rings is 1. The molecular weight excluding hydrogens is 250 g/mol. The molecular formula is C17H27NO2. The summed E-state index contributed by atoms with van der Waals surface area (Å²) in [6.45, 7) is 8.12. The van der Waals surface area contributed by atoms with Crippen molar-refractivity contribution in [1.29, 1.82) is 0 Å². The number of benzene rings is 1. The van der Waals surface area contributed by atoms with Crippen LogP contribution in [0.4, 0.5) is 0 Å². The van der Waals surface area contributed by atoms with Gasteiger partial charge in [-0.2, -0.15) is 0 Å². The van der Waals surface area contributed by atoms with Gasteiger partial charge in [0.2, 0.25) is 0 Å². The molecule has 1 saturated heterocycles. The van der Waals surface area contributed by atoms with E-state index >= 15 is 0 Å². The Balaban J connectivity index is 1.93. The monoisotopic (exact) mass is 277 g/mol. The molecule has 1 aliphatic rings. The predicted molar refractivity (Wildman–Crippen MR) is 82.1 cm³/mol. The maximum Gasteiger partial charge on any atom is 0.119 e. The quantitative estimate of drug-likeness (QED) is 0.895. The molecule has 0 saturated carbocycles. The van der Waals surface area contributed by atoms with Crippen molar-refractivity contribution >= 4 is 0 Å². The van der Waals surface area contributed by atoms with Crippen molar-refractivity contribution in [2.75, 3.05) is 13.1 Å². The molecule has 0 bridgehead atoms. The number of hydrogen-bond donors (Lipinski definition) is 1. The first kappa shape index (κ1) is 15.3. The highest BCUT2D eigenvalue weighted by atomic mass is 16.5. The standard InChI is InChI=1S/C17H27NO2/c1-13(2)20-16-9-7-15(8-10-16)17(19)12-18-11-5-4-6-14(18)3/h7-10,13-14,17,19H,4-6,11-12H2,1-3H3. The van der Waals surface area contributed by atoms with Gasteiger partial charge in [0.05, 0.1) is 12.2 Å². The van der Waals surface area contributed by atoms with Gasteiger partial charge in [0.1, 0.15) is 5.75 Å². The topological polar surface area (TPSA) is 32.7 Å². The lowest BCUT2D eigenvalue weighted by molar-refractivity contribution is 0.0732. The average molecular weight is 277 g/mol. The maximum atomic E-state index is 10.4. The van der Waals surface area contributed by atoms with Crippen LogP contribution in [-0.4, -0.2) is 35.2 Å².